The molecular formula is C22H25NO5U. The van der Waals surface area contributed by atoms with Crippen LogP contribution < -0.4 is 0 Å². The van der Waals surface area contributed by atoms with Gasteiger partial charge >= 0.3 is 37.1 Å². The SMILES string of the molecule is [CH2-]C(/C=C/c1ccc2ccc([C@@H](C)OC(C)=O)nc2c1)(CO[C-](C)C)C(=O)O.[U+2]. The molecule has 1 N–H and O–H groups in total. The van der Waals surface area contributed by atoms with E-state index in [1.54, 1.807) is 26.8 Å². The zero-order valence-electron chi connectivity index (χ0n) is 17.1. The van der Waals surface area contributed by atoms with E-state index >= 15 is 0 Å². The van der Waals surface area contributed by atoms with Gasteiger partial charge in [0.1, 0.15) is 6.10 Å². The number of carbonyl (C=O) groups is 2. The van der Waals surface area contributed by atoms with Crippen LogP contribution in [0.25, 0.3) is 17.0 Å². The Morgan fingerprint density at radius 2 is 1.97 bits per heavy atom. The number of nitrogens with zero attached hydrogens (tertiary/aromatic N) is 1. The van der Waals surface area contributed by atoms with Crippen LogP contribution in [0.15, 0.2) is 36.4 Å². The minimum atomic E-state index is -1.40. The Balaban J connectivity index is 0.00000420. The number of carbonyl (C=O) groups excluding carboxylic acids is 1. The fourth-order valence-electron chi connectivity index (χ4n) is 2.50. The smallest absolute Gasteiger partial charge is 0.550 e. The van der Waals surface area contributed by atoms with E-state index in [1.807, 2.05) is 30.3 Å². The van der Waals surface area contributed by atoms with Crippen molar-refractivity contribution in [3.8, 4) is 0 Å². The van der Waals surface area contributed by atoms with Crippen molar-refractivity contribution < 1.29 is 55.3 Å². The van der Waals surface area contributed by atoms with Crippen molar-refractivity contribution in [2.45, 2.75) is 33.8 Å². The molecule has 0 aliphatic carbocycles. The maximum absolute atomic E-state index is 11.6. The summed E-state index contributed by atoms with van der Waals surface area (Å²) in [6, 6.07) is 9.33. The van der Waals surface area contributed by atoms with E-state index in [9.17, 15) is 14.7 Å². The first kappa shape index (κ1) is 25.4. The molecule has 0 aliphatic rings. The number of aromatic nitrogens is 1. The van der Waals surface area contributed by atoms with Crippen LogP contribution in [0.4, 0.5) is 0 Å². The Kier molecular flexibility index (Phi) is 9.54. The van der Waals surface area contributed by atoms with Gasteiger partial charge in [-0.25, -0.2) is 11.1 Å². The average Bonchev–Trinajstić information content (AvgIpc) is 2.63. The fraction of sp³-hybridized carbons (Fsp3) is 0.318. The number of rotatable bonds is 8. The first-order chi connectivity index (χ1) is 13.1. The second-order valence-corrected chi connectivity index (χ2v) is 6.93. The maximum Gasteiger partial charge on any atom is 2.00 e. The molecule has 29 heavy (non-hydrogen) atoms. The number of benzene rings is 1. The van der Waals surface area contributed by atoms with Crippen LogP contribution in [0.2, 0.25) is 0 Å². The molecule has 0 bridgehead atoms. The fourth-order valence-corrected chi connectivity index (χ4v) is 2.50. The van der Waals surface area contributed by atoms with Crippen molar-refractivity contribution in [3.05, 3.63) is 60.7 Å². The zero-order chi connectivity index (χ0) is 20.9. The third-order valence-electron chi connectivity index (χ3n) is 4.14. The summed E-state index contributed by atoms with van der Waals surface area (Å²) in [7, 11) is 0. The van der Waals surface area contributed by atoms with Crippen LogP contribution in [0.1, 0.15) is 45.1 Å². The predicted octanol–water partition coefficient (Wildman–Crippen LogP) is 4.37. The summed E-state index contributed by atoms with van der Waals surface area (Å²) >= 11 is 0. The number of aliphatic carboxylic acids is 1. The topological polar surface area (TPSA) is 85.7 Å². The van der Waals surface area contributed by atoms with E-state index in [1.165, 1.54) is 13.0 Å². The Labute approximate surface area is 195 Å². The van der Waals surface area contributed by atoms with Crippen LogP contribution in [0.3, 0.4) is 0 Å². The predicted molar refractivity (Wildman–Crippen MR) is 107 cm³/mol. The Bertz CT molecular complexity index is 896. The van der Waals surface area contributed by atoms with E-state index in [2.05, 4.69) is 11.9 Å². The minimum Gasteiger partial charge on any atom is -0.550 e. The van der Waals surface area contributed by atoms with Crippen molar-refractivity contribution in [2.24, 2.45) is 5.41 Å². The Morgan fingerprint density at radius 1 is 1.31 bits per heavy atom. The molecule has 152 valence electrons. The number of fused-ring (bicyclic) bond motifs is 1. The van der Waals surface area contributed by atoms with Crippen LogP contribution >= 0.6 is 0 Å². The summed E-state index contributed by atoms with van der Waals surface area (Å²) in [6.07, 6.45) is 3.43. The molecular weight excluding hydrogens is 596 g/mol. The average molecular weight is 621 g/mol. The third kappa shape index (κ3) is 7.26. The van der Waals surface area contributed by atoms with Crippen LogP contribution in [-0.4, -0.2) is 28.6 Å². The van der Waals surface area contributed by atoms with Crippen molar-refractivity contribution in [1.82, 2.24) is 4.98 Å². The van der Waals surface area contributed by atoms with Crippen molar-refractivity contribution in [2.75, 3.05) is 6.61 Å². The number of esters is 1. The molecule has 1 aromatic heterocycles. The zero-order valence-corrected chi connectivity index (χ0v) is 21.2. The molecule has 2 atom stereocenters. The molecule has 1 unspecified atom stereocenters. The molecule has 0 spiro atoms. The molecule has 2 aromatic rings. The van der Waals surface area contributed by atoms with Gasteiger partial charge in [0.05, 0.1) is 11.2 Å². The third-order valence-corrected chi connectivity index (χ3v) is 4.14. The first-order valence-electron chi connectivity index (χ1n) is 8.89. The van der Waals surface area contributed by atoms with E-state index in [0.29, 0.717) is 11.8 Å². The number of carboxylic acids is 1. The number of hydrogen-bond donors (Lipinski definition) is 1. The first-order valence-corrected chi connectivity index (χ1v) is 8.89. The molecule has 6 nitrogen and oxygen atoms in total. The van der Waals surface area contributed by atoms with Gasteiger partial charge in [-0.05, 0) is 30.0 Å². The van der Waals surface area contributed by atoms with Crippen molar-refractivity contribution in [1.29, 1.82) is 0 Å². The van der Waals surface area contributed by atoms with Gasteiger partial charge in [-0.1, -0.05) is 30.4 Å². The van der Waals surface area contributed by atoms with Gasteiger partial charge in [0, 0.05) is 18.9 Å². The number of pyridine rings is 1. The van der Waals surface area contributed by atoms with E-state index in [0.717, 1.165) is 16.5 Å². The Hall–Kier alpha value is -1.68. The molecule has 2 rings (SSSR count). The number of hydrogen-bond acceptors (Lipinski definition) is 5. The van der Waals surface area contributed by atoms with Gasteiger partial charge in [0.15, 0.2) is 0 Å². The quantitative estimate of drug-likeness (QED) is 0.349. The maximum atomic E-state index is 11.6. The van der Waals surface area contributed by atoms with Gasteiger partial charge in [-0.2, -0.15) is 13.8 Å². The van der Waals surface area contributed by atoms with E-state index < -0.39 is 17.5 Å². The largest absolute Gasteiger partial charge is 2.00 e. The minimum absolute atomic E-state index is 0. The monoisotopic (exact) mass is 621 g/mol. The number of ether oxygens (including phenoxy) is 2. The molecule has 1 aromatic carbocycles. The number of carboxylic acid groups (broad SMARTS) is 1. The summed E-state index contributed by atoms with van der Waals surface area (Å²) < 4.78 is 10.5. The molecule has 0 radical (unpaired) electrons. The summed E-state index contributed by atoms with van der Waals surface area (Å²) in [6.45, 7) is 10.4. The Morgan fingerprint density at radius 3 is 2.55 bits per heavy atom. The standard InChI is InChI=1S/C22H25NO5.U/c1-14(2)27-13-22(5,21(25)26)11-10-17-6-7-18-8-9-19(23-20(18)12-17)15(3)28-16(4)24;/h6-12,15H,5,13H2,1-4H3,(H,25,26);/q-2;+2/b11-10+;/t15-,22?;/m1./s1. The molecule has 1 heterocycles. The second-order valence-electron chi connectivity index (χ2n) is 6.93. The van der Waals surface area contributed by atoms with Crippen molar-refractivity contribution in [3.63, 3.8) is 0 Å². The van der Waals surface area contributed by atoms with Crippen LogP contribution in [0.5, 0.6) is 0 Å². The molecule has 0 amide bonds. The molecule has 0 aliphatic heterocycles. The van der Waals surface area contributed by atoms with Gasteiger partial charge in [0.2, 0.25) is 0 Å². The molecule has 0 fully saturated rings. The van der Waals surface area contributed by atoms with Gasteiger partial charge in [-0.15, -0.1) is 0 Å². The summed E-state index contributed by atoms with van der Waals surface area (Å²) in [5, 5.41) is 10.4. The molecule has 0 saturated heterocycles. The van der Waals surface area contributed by atoms with Gasteiger partial charge < -0.3 is 21.5 Å². The van der Waals surface area contributed by atoms with Crippen molar-refractivity contribution >= 4 is 28.9 Å². The summed E-state index contributed by atoms with van der Waals surface area (Å²) in [4.78, 5) is 27.3. The van der Waals surface area contributed by atoms with Gasteiger partial charge in [0.25, 0.3) is 5.97 Å². The molecule has 7 heteroatoms. The van der Waals surface area contributed by atoms with Crippen LogP contribution in [0, 0.1) is 49.6 Å². The van der Waals surface area contributed by atoms with E-state index in [4.69, 9.17) is 9.47 Å². The second kappa shape index (κ2) is 10.9. The summed E-state index contributed by atoms with van der Waals surface area (Å²) in [5.41, 5.74) is 0.746. The van der Waals surface area contributed by atoms with E-state index in [-0.39, 0.29) is 43.7 Å². The summed E-state index contributed by atoms with van der Waals surface area (Å²) in [5.74, 6) is -1.44. The molecule has 0 saturated carbocycles. The van der Waals surface area contributed by atoms with Gasteiger partial charge in [-0.3, -0.25) is 9.59 Å². The van der Waals surface area contributed by atoms with Crippen LogP contribution in [-0.2, 0) is 19.1 Å². The normalized spacial score (nSPS) is 14.4.